The molecule has 0 bridgehead atoms. The van der Waals surface area contributed by atoms with E-state index in [-0.39, 0.29) is 17.0 Å². The summed E-state index contributed by atoms with van der Waals surface area (Å²) in [6.45, 7) is 0. The Balaban J connectivity index is 1.94. The van der Waals surface area contributed by atoms with Crippen LogP contribution in [0.2, 0.25) is 0 Å². The number of carboxylic acids is 1. The summed E-state index contributed by atoms with van der Waals surface area (Å²) in [4.78, 5) is 27.8. The summed E-state index contributed by atoms with van der Waals surface area (Å²) in [6.07, 6.45) is 2.71. The monoisotopic (exact) mass is 406 g/mol. The Kier molecular flexibility index (Phi) is 4.83. The topological polar surface area (TPSA) is 112 Å². The number of pyridine rings is 1. The predicted octanol–water partition coefficient (Wildman–Crippen LogP) is 4.35. The van der Waals surface area contributed by atoms with Gasteiger partial charge >= 0.3 is 5.97 Å². The molecule has 0 fully saturated rings. The normalized spacial score (nSPS) is 14.0. The molecule has 1 aliphatic carbocycles. The van der Waals surface area contributed by atoms with Crippen LogP contribution in [0.1, 0.15) is 33.6 Å². The summed E-state index contributed by atoms with van der Waals surface area (Å²) in [6, 6.07) is 9.94. The summed E-state index contributed by atoms with van der Waals surface area (Å²) in [5, 5.41) is 22.0. The molecule has 0 saturated carbocycles. The van der Waals surface area contributed by atoms with E-state index in [1.54, 1.807) is 36.4 Å². The number of ether oxygens (including phenoxy) is 2. The highest BCUT2D eigenvalue weighted by Crippen LogP contribution is 2.40. The van der Waals surface area contributed by atoms with Gasteiger partial charge in [0.05, 0.1) is 47.5 Å². The molecule has 8 heteroatoms. The Morgan fingerprint density at radius 1 is 1.17 bits per heavy atom. The summed E-state index contributed by atoms with van der Waals surface area (Å²) in [7, 11) is 2.87. The first-order valence-corrected chi connectivity index (χ1v) is 9.20. The van der Waals surface area contributed by atoms with Crippen molar-refractivity contribution in [1.29, 1.82) is 0 Å². The van der Waals surface area contributed by atoms with E-state index in [4.69, 9.17) is 9.47 Å². The quantitative estimate of drug-likeness (QED) is 0.495. The zero-order valence-corrected chi connectivity index (χ0v) is 16.3. The maximum absolute atomic E-state index is 12.0. The van der Waals surface area contributed by atoms with Crippen LogP contribution in [0.5, 0.6) is 11.5 Å². The number of aromatic carboxylic acids is 1. The van der Waals surface area contributed by atoms with Crippen molar-refractivity contribution in [3.8, 4) is 11.5 Å². The molecule has 0 saturated heterocycles. The van der Waals surface area contributed by atoms with Gasteiger partial charge in [-0.2, -0.15) is 0 Å². The Labute approximate surface area is 171 Å². The van der Waals surface area contributed by atoms with Crippen molar-refractivity contribution in [2.45, 2.75) is 12.8 Å². The number of nitro benzene ring substituents is 1. The number of carbonyl (C=O) groups is 1. The molecule has 152 valence electrons. The molecule has 8 nitrogen and oxygen atoms in total. The number of hydrogen-bond acceptors (Lipinski definition) is 6. The number of hydrogen-bond donors (Lipinski definition) is 1. The molecule has 4 rings (SSSR count). The Morgan fingerprint density at radius 3 is 2.53 bits per heavy atom. The van der Waals surface area contributed by atoms with Gasteiger partial charge in [0.1, 0.15) is 0 Å². The fraction of sp³-hybridized carbons (Fsp3) is 0.182. The first kappa shape index (κ1) is 19.4. The number of carboxylic acid groups (broad SMARTS) is 1. The van der Waals surface area contributed by atoms with Gasteiger partial charge in [-0.25, -0.2) is 9.78 Å². The minimum absolute atomic E-state index is 0.132. The third kappa shape index (κ3) is 3.12. The molecule has 1 aliphatic rings. The van der Waals surface area contributed by atoms with Gasteiger partial charge in [0.2, 0.25) is 0 Å². The first-order valence-electron chi connectivity index (χ1n) is 9.20. The van der Waals surface area contributed by atoms with Crippen molar-refractivity contribution in [2.75, 3.05) is 14.2 Å². The highest BCUT2D eigenvalue weighted by atomic mass is 16.6. The molecule has 0 unspecified atom stereocenters. The maximum Gasteiger partial charge on any atom is 0.336 e. The van der Waals surface area contributed by atoms with Gasteiger partial charge in [-0.1, -0.05) is 18.2 Å². The summed E-state index contributed by atoms with van der Waals surface area (Å²) in [5.74, 6) is -0.385. The van der Waals surface area contributed by atoms with Crippen LogP contribution in [0.4, 0.5) is 5.69 Å². The summed E-state index contributed by atoms with van der Waals surface area (Å²) in [5.41, 5.74) is 2.98. The summed E-state index contributed by atoms with van der Waals surface area (Å²) >= 11 is 0. The number of fused-ring (bicyclic) bond motifs is 2. The lowest BCUT2D eigenvalue weighted by Crippen LogP contribution is -2.05. The third-order valence-corrected chi connectivity index (χ3v) is 5.21. The molecular weight excluding hydrogens is 388 g/mol. The van der Waals surface area contributed by atoms with E-state index in [0.29, 0.717) is 46.3 Å². The number of nitrogens with zero attached hydrogens (tertiary/aromatic N) is 2. The zero-order chi connectivity index (χ0) is 21.4. The van der Waals surface area contributed by atoms with Gasteiger partial charge in [-0.05, 0) is 42.2 Å². The van der Waals surface area contributed by atoms with Crippen LogP contribution in [-0.4, -0.2) is 35.2 Å². The van der Waals surface area contributed by atoms with Crippen molar-refractivity contribution in [3.63, 3.8) is 0 Å². The standard InChI is InChI=1S/C22H18N2O6/c1-29-18-10-13(17(24(27)28)11-19(18)30-2)9-12-7-8-15-20(22(25)26)14-5-3-4-6-16(14)23-21(12)15/h3-6,9-11H,7-8H2,1-2H3,(H,25,26)/b12-9+. The number of aromatic nitrogens is 1. The number of methoxy groups -OCH3 is 2. The number of allylic oxidation sites excluding steroid dienone is 1. The number of benzene rings is 2. The van der Waals surface area contributed by atoms with Crippen LogP contribution < -0.4 is 9.47 Å². The second-order valence-electron chi connectivity index (χ2n) is 6.83. The molecule has 30 heavy (non-hydrogen) atoms. The number of para-hydroxylation sites is 1. The molecule has 1 N–H and O–H groups in total. The largest absolute Gasteiger partial charge is 0.493 e. The van der Waals surface area contributed by atoms with Crippen molar-refractivity contribution in [1.82, 2.24) is 4.98 Å². The van der Waals surface area contributed by atoms with E-state index >= 15 is 0 Å². The average Bonchev–Trinajstić information content (AvgIpc) is 3.13. The number of nitro groups is 1. The van der Waals surface area contributed by atoms with E-state index in [2.05, 4.69) is 4.98 Å². The molecule has 0 aliphatic heterocycles. The van der Waals surface area contributed by atoms with Gasteiger partial charge in [0, 0.05) is 5.39 Å². The van der Waals surface area contributed by atoms with Crippen LogP contribution in [0.3, 0.4) is 0 Å². The maximum atomic E-state index is 12.0. The van der Waals surface area contributed by atoms with Crippen LogP contribution in [0, 0.1) is 10.1 Å². The highest BCUT2D eigenvalue weighted by molar-refractivity contribution is 6.06. The molecule has 3 aromatic rings. The zero-order valence-electron chi connectivity index (χ0n) is 16.3. The fourth-order valence-electron chi connectivity index (χ4n) is 3.87. The summed E-state index contributed by atoms with van der Waals surface area (Å²) < 4.78 is 10.5. The Morgan fingerprint density at radius 2 is 1.87 bits per heavy atom. The van der Waals surface area contributed by atoms with E-state index in [1.807, 2.05) is 0 Å². The van der Waals surface area contributed by atoms with Crippen molar-refractivity contribution in [3.05, 3.63) is 68.9 Å². The van der Waals surface area contributed by atoms with E-state index in [0.717, 1.165) is 5.57 Å². The second-order valence-corrected chi connectivity index (χ2v) is 6.83. The minimum Gasteiger partial charge on any atom is -0.493 e. The third-order valence-electron chi connectivity index (χ3n) is 5.21. The molecule has 1 aromatic heterocycles. The molecule has 1 heterocycles. The van der Waals surface area contributed by atoms with Crippen LogP contribution >= 0.6 is 0 Å². The van der Waals surface area contributed by atoms with Crippen molar-refractivity contribution < 1.29 is 24.3 Å². The predicted molar refractivity (Wildman–Crippen MR) is 111 cm³/mol. The van der Waals surface area contributed by atoms with Gasteiger partial charge in [0.25, 0.3) is 5.69 Å². The van der Waals surface area contributed by atoms with Crippen molar-refractivity contribution in [2.24, 2.45) is 0 Å². The Hall–Kier alpha value is -3.94. The lowest BCUT2D eigenvalue weighted by Gasteiger charge is -2.10. The van der Waals surface area contributed by atoms with Crippen LogP contribution in [-0.2, 0) is 6.42 Å². The molecule has 0 radical (unpaired) electrons. The van der Waals surface area contributed by atoms with E-state index < -0.39 is 10.9 Å². The Bertz CT molecular complexity index is 1230. The molecule has 0 amide bonds. The van der Waals surface area contributed by atoms with Crippen LogP contribution in [0.15, 0.2) is 36.4 Å². The van der Waals surface area contributed by atoms with E-state index in [9.17, 15) is 20.0 Å². The fourth-order valence-corrected chi connectivity index (χ4v) is 3.87. The average molecular weight is 406 g/mol. The van der Waals surface area contributed by atoms with Crippen LogP contribution in [0.25, 0.3) is 22.6 Å². The smallest absolute Gasteiger partial charge is 0.336 e. The van der Waals surface area contributed by atoms with Gasteiger partial charge in [-0.3, -0.25) is 10.1 Å². The minimum atomic E-state index is -1.01. The SMILES string of the molecule is COc1cc(/C=C2\CCc3c2nc2ccccc2c3C(=O)O)c([N+](=O)[O-])cc1OC. The molecule has 2 aromatic carbocycles. The lowest BCUT2D eigenvalue weighted by atomic mass is 10.0. The molecule has 0 spiro atoms. The number of rotatable bonds is 5. The van der Waals surface area contributed by atoms with Crippen molar-refractivity contribution >= 4 is 34.2 Å². The van der Waals surface area contributed by atoms with Gasteiger partial charge in [0.15, 0.2) is 11.5 Å². The van der Waals surface area contributed by atoms with Gasteiger partial charge < -0.3 is 14.6 Å². The van der Waals surface area contributed by atoms with Gasteiger partial charge in [-0.15, -0.1) is 0 Å². The molecular formula is C22H18N2O6. The second kappa shape index (κ2) is 7.47. The molecule has 0 atom stereocenters. The lowest BCUT2D eigenvalue weighted by molar-refractivity contribution is -0.385. The van der Waals surface area contributed by atoms with E-state index in [1.165, 1.54) is 20.3 Å². The first-order chi connectivity index (χ1) is 14.4. The highest BCUT2D eigenvalue weighted by Gasteiger charge is 2.27.